The van der Waals surface area contributed by atoms with Gasteiger partial charge in [0.2, 0.25) is 15.9 Å². The van der Waals surface area contributed by atoms with Gasteiger partial charge in [0.15, 0.2) is 0 Å². The SMILES string of the molecule is CC(=O)NCCN(C(C)C(=O)O)S(=O)(=O)c1ccccc1Br. The predicted octanol–water partition coefficient (Wildman–Crippen LogP) is 1.05. The molecule has 0 aliphatic carbocycles. The van der Waals surface area contributed by atoms with Gasteiger partial charge in [-0.05, 0) is 35.0 Å². The van der Waals surface area contributed by atoms with Gasteiger partial charge in [0, 0.05) is 24.5 Å². The van der Waals surface area contributed by atoms with Crippen molar-refractivity contribution in [1.29, 1.82) is 0 Å². The lowest BCUT2D eigenvalue weighted by Crippen LogP contribution is -2.46. The van der Waals surface area contributed by atoms with Crippen molar-refractivity contribution in [2.24, 2.45) is 0 Å². The minimum atomic E-state index is -4.02. The molecule has 1 amide bonds. The van der Waals surface area contributed by atoms with Crippen LogP contribution in [0.15, 0.2) is 33.6 Å². The number of amides is 1. The van der Waals surface area contributed by atoms with Gasteiger partial charge in [-0.25, -0.2) is 8.42 Å². The minimum absolute atomic E-state index is 0.0223. The van der Waals surface area contributed by atoms with E-state index in [1.165, 1.54) is 19.9 Å². The van der Waals surface area contributed by atoms with Crippen LogP contribution in [0.4, 0.5) is 0 Å². The molecule has 1 unspecified atom stereocenters. The number of benzene rings is 1. The maximum atomic E-state index is 12.7. The summed E-state index contributed by atoms with van der Waals surface area (Å²) >= 11 is 3.15. The Morgan fingerprint density at radius 2 is 1.95 bits per heavy atom. The van der Waals surface area contributed by atoms with Gasteiger partial charge in [0.25, 0.3) is 0 Å². The van der Waals surface area contributed by atoms with E-state index in [1.807, 2.05) is 0 Å². The molecule has 0 saturated carbocycles. The van der Waals surface area contributed by atoms with Crippen LogP contribution in [0.1, 0.15) is 13.8 Å². The maximum absolute atomic E-state index is 12.7. The Balaban J connectivity index is 3.16. The third kappa shape index (κ3) is 4.52. The highest BCUT2D eigenvalue weighted by Crippen LogP contribution is 2.25. The summed E-state index contributed by atoms with van der Waals surface area (Å²) in [6, 6.07) is 4.90. The fourth-order valence-electron chi connectivity index (χ4n) is 1.77. The summed E-state index contributed by atoms with van der Waals surface area (Å²) in [5.74, 6) is -1.58. The maximum Gasteiger partial charge on any atom is 0.321 e. The standard InChI is InChI=1S/C13H17BrN2O5S/c1-9(13(18)19)16(8-7-15-10(2)17)22(20,21)12-6-4-3-5-11(12)14/h3-6,9H,7-8H2,1-2H3,(H,15,17)(H,18,19). The van der Waals surface area contributed by atoms with E-state index in [9.17, 15) is 18.0 Å². The van der Waals surface area contributed by atoms with Crippen LogP contribution in [-0.4, -0.2) is 48.8 Å². The molecule has 9 heteroatoms. The molecule has 0 fully saturated rings. The van der Waals surface area contributed by atoms with Crippen molar-refractivity contribution in [3.8, 4) is 0 Å². The van der Waals surface area contributed by atoms with Gasteiger partial charge in [-0.15, -0.1) is 0 Å². The van der Waals surface area contributed by atoms with Crippen molar-refractivity contribution in [3.05, 3.63) is 28.7 Å². The lowest BCUT2D eigenvalue weighted by molar-refractivity contribution is -0.140. The fourth-order valence-corrected chi connectivity index (χ4v) is 4.32. The lowest BCUT2D eigenvalue weighted by Gasteiger charge is -2.26. The van der Waals surface area contributed by atoms with Crippen LogP contribution in [0.2, 0.25) is 0 Å². The van der Waals surface area contributed by atoms with E-state index in [-0.39, 0.29) is 23.9 Å². The predicted molar refractivity (Wildman–Crippen MR) is 83.8 cm³/mol. The molecule has 0 spiro atoms. The van der Waals surface area contributed by atoms with Gasteiger partial charge in [0.1, 0.15) is 6.04 Å². The van der Waals surface area contributed by atoms with Gasteiger partial charge in [0.05, 0.1) is 4.90 Å². The number of carboxylic acids is 1. The highest BCUT2D eigenvalue weighted by atomic mass is 79.9. The zero-order valence-electron chi connectivity index (χ0n) is 12.1. The Kier molecular flexibility index (Phi) is 6.51. The molecule has 7 nitrogen and oxygen atoms in total. The van der Waals surface area contributed by atoms with Crippen molar-refractivity contribution in [1.82, 2.24) is 9.62 Å². The highest BCUT2D eigenvalue weighted by Gasteiger charge is 2.33. The Hall–Kier alpha value is -1.45. The smallest absolute Gasteiger partial charge is 0.321 e. The molecule has 1 rings (SSSR count). The van der Waals surface area contributed by atoms with Crippen LogP contribution in [0.3, 0.4) is 0 Å². The molecule has 1 aromatic rings. The minimum Gasteiger partial charge on any atom is -0.480 e. The molecule has 1 aromatic carbocycles. The normalized spacial score (nSPS) is 12.9. The number of carbonyl (C=O) groups is 2. The van der Waals surface area contributed by atoms with Gasteiger partial charge < -0.3 is 10.4 Å². The Morgan fingerprint density at radius 1 is 1.36 bits per heavy atom. The van der Waals surface area contributed by atoms with Crippen LogP contribution >= 0.6 is 15.9 Å². The Labute approximate surface area is 137 Å². The topological polar surface area (TPSA) is 104 Å². The second-order valence-corrected chi connectivity index (χ2v) is 7.26. The zero-order chi connectivity index (χ0) is 16.9. The molecule has 0 radical (unpaired) electrons. The molecular weight excluding hydrogens is 376 g/mol. The van der Waals surface area contributed by atoms with Gasteiger partial charge in [-0.1, -0.05) is 12.1 Å². The van der Waals surface area contributed by atoms with E-state index in [4.69, 9.17) is 5.11 Å². The summed E-state index contributed by atoms with van der Waals surface area (Å²) in [6.45, 7) is 2.46. The first-order chi connectivity index (χ1) is 10.2. The molecule has 22 heavy (non-hydrogen) atoms. The molecule has 0 heterocycles. The summed E-state index contributed by atoms with van der Waals surface area (Å²) in [4.78, 5) is 22.1. The van der Waals surface area contributed by atoms with E-state index < -0.39 is 22.0 Å². The van der Waals surface area contributed by atoms with E-state index in [2.05, 4.69) is 21.2 Å². The van der Waals surface area contributed by atoms with Crippen LogP contribution in [-0.2, 0) is 19.6 Å². The molecule has 0 bridgehead atoms. The largest absolute Gasteiger partial charge is 0.480 e. The third-order valence-corrected chi connectivity index (χ3v) is 5.90. The lowest BCUT2D eigenvalue weighted by atomic mass is 10.3. The van der Waals surface area contributed by atoms with E-state index >= 15 is 0 Å². The molecule has 1 atom stereocenters. The van der Waals surface area contributed by atoms with E-state index in [1.54, 1.807) is 18.2 Å². The average Bonchev–Trinajstić information content (AvgIpc) is 2.42. The van der Waals surface area contributed by atoms with Crippen molar-refractivity contribution in [2.75, 3.05) is 13.1 Å². The first kappa shape index (κ1) is 18.6. The van der Waals surface area contributed by atoms with Crippen molar-refractivity contribution >= 4 is 37.8 Å². The quantitative estimate of drug-likeness (QED) is 0.721. The van der Waals surface area contributed by atoms with Gasteiger partial charge in [-0.3, -0.25) is 9.59 Å². The van der Waals surface area contributed by atoms with Crippen LogP contribution in [0.25, 0.3) is 0 Å². The number of nitrogens with one attached hydrogen (secondary N) is 1. The molecular formula is C13H17BrN2O5S. The van der Waals surface area contributed by atoms with E-state index in [0.717, 1.165) is 4.31 Å². The Bertz CT molecular complexity index is 662. The van der Waals surface area contributed by atoms with E-state index in [0.29, 0.717) is 4.47 Å². The first-order valence-corrected chi connectivity index (χ1v) is 8.65. The summed E-state index contributed by atoms with van der Waals surface area (Å²) in [5, 5.41) is 11.6. The molecule has 0 saturated heterocycles. The number of hydrogen-bond donors (Lipinski definition) is 2. The number of aliphatic carboxylic acids is 1. The number of sulfonamides is 1. The summed E-state index contributed by atoms with van der Waals surface area (Å²) < 4.78 is 26.6. The van der Waals surface area contributed by atoms with Gasteiger partial charge >= 0.3 is 5.97 Å². The molecule has 0 aliphatic heterocycles. The number of carbonyl (C=O) groups excluding carboxylic acids is 1. The van der Waals surface area contributed by atoms with Crippen molar-refractivity contribution in [3.63, 3.8) is 0 Å². The van der Waals surface area contributed by atoms with Crippen LogP contribution < -0.4 is 5.32 Å². The fraction of sp³-hybridized carbons (Fsp3) is 0.385. The summed E-state index contributed by atoms with van der Waals surface area (Å²) in [7, 11) is -4.02. The van der Waals surface area contributed by atoms with Crippen LogP contribution in [0, 0.1) is 0 Å². The number of rotatable bonds is 7. The molecule has 122 valence electrons. The van der Waals surface area contributed by atoms with Crippen molar-refractivity contribution in [2.45, 2.75) is 24.8 Å². The second-order valence-electron chi connectivity index (χ2n) is 4.54. The summed E-state index contributed by atoms with van der Waals surface area (Å²) in [6.07, 6.45) is 0. The van der Waals surface area contributed by atoms with Crippen LogP contribution in [0.5, 0.6) is 0 Å². The monoisotopic (exact) mass is 392 g/mol. The highest BCUT2D eigenvalue weighted by molar-refractivity contribution is 9.10. The van der Waals surface area contributed by atoms with Crippen molar-refractivity contribution < 1.29 is 23.1 Å². The number of hydrogen-bond acceptors (Lipinski definition) is 4. The third-order valence-electron chi connectivity index (χ3n) is 2.92. The number of halogens is 1. The Morgan fingerprint density at radius 3 is 2.45 bits per heavy atom. The number of carboxylic acid groups (broad SMARTS) is 1. The molecule has 0 aliphatic rings. The summed E-state index contributed by atoms with van der Waals surface area (Å²) in [5.41, 5.74) is 0. The second kappa shape index (κ2) is 7.70. The van der Waals surface area contributed by atoms with Gasteiger partial charge in [-0.2, -0.15) is 4.31 Å². The zero-order valence-corrected chi connectivity index (χ0v) is 14.5. The number of nitrogens with zero attached hydrogens (tertiary/aromatic N) is 1. The molecule has 2 N–H and O–H groups in total. The first-order valence-electron chi connectivity index (χ1n) is 6.41. The average molecular weight is 393 g/mol. The molecule has 0 aromatic heterocycles.